The molecule has 1 heterocycles. The zero-order chi connectivity index (χ0) is 16.0. The lowest BCUT2D eigenvalue weighted by molar-refractivity contribution is 0.305. The van der Waals surface area contributed by atoms with Crippen molar-refractivity contribution in [3.05, 3.63) is 72.5 Å². The van der Waals surface area contributed by atoms with Gasteiger partial charge in [-0.1, -0.05) is 53.0 Å². The SMILES string of the molecule is C=C/C=C1/NC(/C=C\C)=C(C=C)O/C1=C/C.CC.CC. The van der Waals surface area contributed by atoms with Gasteiger partial charge in [-0.3, -0.25) is 0 Å². The first-order valence-corrected chi connectivity index (χ1v) is 7.20. The first-order valence-electron chi connectivity index (χ1n) is 7.20. The minimum atomic E-state index is 0.729. The standard InChI is InChI=1S/C14H17NO.2C2H6/c1-5-9-11-13(7-3)16-14(8-4)12(15-11)10-6-2;2*1-2/h5-10,15H,1,4H2,2-3H3;2*1-2H3/b10-6-,11-9+,13-7+;;. The Morgan fingerprint density at radius 3 is 2.05 bits per heavy atom. The highest BCUT2D eigenvalue weighted by molar-refractivity contribution is 5.41. The first kappa shape index (κ1) is 20.4. The van der Waals surface area contributed by atoms with Crippen molar-refractivity contribution in [2.75, 3.05) is 0 Å². The van der Waals surface area contributed by atoms with Crippen molar-refractivity contribution in [3.63, 3.8) is 0 Å². The van der Waals surface area contributed by atoms with Crippen molar-refractivity contribution in [2.24, 2.45) is 0 Å². The molecule has 0 aliphatic carbocycles. The number of ether oxygens (including phenoxy) is 1. The number of nitrogens with one attached hydrogen (secondary N) is 1. The lowest BCUT2D eigenvalue weighted by Gasteiger charge is -2.23. The lowest BCUT2D eigenvalue weighted by Crippen LogP contribution is -2.22. The van der Waals surface area contributed by atoms with Gasteiger partial charge in [-0.05, 0) is 38.2 Å². The molecule has 0 unspecified atom stereocenters. The van der Waals surface area contributed by atoms with Crippen LogP contribution in [0.3, 0.4) is 0 Å². The van der Waals surface area contributed by atoms with Gasteiger partial charge in [0.15, 0.2) is 0 Å². The highest BCUT2D eigenvalue weighted by Gasteiger charge is 2.16. The minimum Gasteiger partial charge on any atom is -0.453 e. The van der Waals surface area contributed by atoms with E-state index in [2.05, 4.69) is 18.5 Å². The van der Waals surface area contributed by atoms with Crippen LogP contribution >= 0.6 is 0 Å². The van der Waals surface area contributed by atoms with E-state index in [9.17, 15) is 0 Å². The predicted molar refractivity (Wildman–Crippen MR) is 91.0 cm³/mol. The zero-order valence-corrected chi connectivity index (χ0v) is 13.8. The molecule has 0 fully saturated rings. The predicted octanol–water partition coefficient (Wildman–Crippen LogP) is 5.61. The molecule has 0 aromatic rings. The van der Waals surface area contributed by atoms with E-state index in [1.807, 2.05) is 65.8 Å². The van der Waals surface area contributed by atoms with Crippen molar-refractivity contribution < 1.29 is 4.74 Å². The second-order valence-electron chi connectivity index (χ2n) is 3.18. The Morgan fingerprint density at radius 1 is 1.05 bits per heavy atom. The zero-order valence-electron chi connectivity index (χ0n) is 13.8. The summed E-state index contributed by atoms with van der Waals surface area (Å²) in [4.78, 5) is 0. The second-order valence-corrected chi connectivity index (χ2v) is 3.18. The van der Waals surface area contributed by atoms with Gasteiger partial charge in [0.1, 0.15) is 11.5 Å². The first-order chi connectivity index (χ1) is 9.76. The maximum absolute atomic E-state index is 5.71. The Bertz CT molecular complexity index is 409. The summed E-state index contributed by atoms with van der Waals surface area (Å²) < 4.78 is 5.71. The van der Waals surface area contributed by atoms with Gasteiger partial charge in [0.25, 0.3) is 0 Å². The third-order valence-electron chi connectivity index (χ3n) is 2.09. The van der Waals surface area contributed by atoms with Crippen molar-refractivity contribution in [1.29, 1.82) is 0 Å². The molecule has 0 spiro atoms. The van der Waals surface area contributed by atoms with Crippen LogP contribution in [0.4, 0.5) is 0 Å². The fourth-order valence-corrected chi connectivity index (χ4v) is 1.39. The molecule has 2 nitrogen and oxygen atoms in total. The van der Waals surface area contributed by atoms with Gasteiger partial charge in [0.05, 0.1) is 11.4 Å². The number of allylic oxidation sites excluding steroid dienone is 6. The van der Waals surface area contributed by atoms with Crippen molar-refractivity contribution in [3.8, 4) is 0 Å². The van der Waals surface area contributed by atoms with E-state index in [0.29, 0.717) is 0 Å². The second kappa shape index (κ2) is 13.5. The van der Waals surface area contributed by atoms with Crippen LogP contribution in [0.25, 0.3) is 0 Å². The molecule has 1 aliphatic rings. The number of hydrogen-bond donors (Lipinski definition) is 1. The minimum absolute atomic E-state index is 0.729. The van der Waals surface area contributed by atoms with Gasteiger partial charge in [-0.2, -0.15) is 0 Å². The van der Waals surface area contributed by atoms with Gasteiger partial charge in [0, 0.05) is 0 Å². The van der Waals surface area contributed by atoms with E-state index in [1.54, 1.807) is 12.2 Å². The topological polar surface area (TPSA) is 21.3 Å². The molecular formula is C18H29NO. The van der Waals surface area contributed by atoms with Crippen molar-refractivity contribution in [2.45, 2.75) is 41.5 Å². The number of rotatable bonds is 3. The molecule has 0 aromatic heterocycles. The number of hydrogen-bond acceptors (Lipinski definition) is 2. The average Bonchev–Trinajstić information content (AvgIpc) is 2.52. The third kappa shape index (κ3) is 6.28. The Labute approximate surface area is 124 Å². The lowest BCUT2D eigenvalue weighted by atomic mass is 10.2. The summed E-state index contributed by atoms with van der Waals surface area (Å²) >= 11 is 0. The van der Waals surface area contributed by atoms with Crippen LogP contribution in [-0.4, -0.2) is 0 Å². The summed E-state index contributed by atoms with van der Waals surface area (Å²) in [6.45, 7) is 19.3. The van der Waals surface area contributed by atoms with Gasteiger partial charge in [-0.15, -0.1) is 0 Å². The summed E-state index contributed by atoms with van der Waals surface area (Å²) in [5.41, 5.74) is 1.80. The molecule has 1 aliphatic heterocycles. The molecule has 1 rings (SSSR count). The van der Waals surface area contributed by atoms with Gasteiger partial charge < -0.3 is 10.1 Å². The van der Waals surface area contributed by atoms with Gasteiger partial charge in [-0.25, -0.2) is 0 Å². The van der Waals surface area contributed by atoms with Crippen LogP contribution in [-0.2, 0) is 4.74 Å². The molecule has 0 radical (unpaired) electrons. The van der Waals surface area contributed by atoms with Crippen LogP contribution in [0.2, 0.25) is 0 Å². The van der Waals surface area contributed by atoms with Crippen LogP contribution in [0, 0.1) is 0 Å². The molecule has 0 atom stereocenters. The van der Waals surface area contributed by atoms with Crippen LogP contribution in [0.5, 0.6) is 0 Å². The Hall–Kier alpha value is -1.96. The van der Waals surface area contributed by atoms with Crippen molar-refractivity contribution >= 4 is 0 Å². The largest absolute Gasteiger partial charge is 0.453 e. The van der Waals surface area contributed by atoms with E-state index >= 15 is 0 Å². The molecule has 0 saturated carbocycles. The van der Waals surface area contributed by atoms with E-state index < -0.39 is 0 Å². The Kier molecular flexibility index (Phi) is 13.7. The van der Waals surface area contributed by atoms with Crippen molar-refractivity contribution in [1.82, 2.24) is 5.32 Å². The molecule has 2 heteroatoms. The third-order valence-corrected chi connectivity index (χ3v) is 2.09. The van der Waals surface area contributed by atoms with Crippen LogP contribution in [0.1, 0.15) is 41.5 Å². The maximum Gasteiger partial charge on any atom is 0.150 e. The monoisotopic (exact) mass is 275 g/mol. The normalized spacial score (nSPS) is 17.5. The van der Waals surface area contributed by atoms with E-state index in [-0.39, 0.29) is 0 Å². The summed E-state index contributed by atoms with van der Waals surface area (Å²) in [5.74, 6) is 1.51. The van der Waals surface area contributed by atoms with Gasteiger partial charge >= 0.3 is 0 Å². The molecule has 0 saturated heterocycles. The van der Waals surface area contributed by atoms with Crippen LogP contribution < -0.4 is 5.32 Å². The van der Waals surface area contributed by atoms with E-state index in [0.717, 1.165) is 22.9 Å². The molecule has 0 bridgehead atoms. The fourth-order valence-electron chi connectivity index (χ4n) is 1.39. The quantitative estimate of drug-likeness (QED) is 0.723. The Balaban J connectivity index is 0. The fraction of sp³-hybridized carbons (Fsp3) is 0.333. The molecule has 1 N–H and O–H groups in total. The summed E-state index contributed by atoms with van der Waals surface area (Å²) in [6.07, 6.45) is 11.1. The molecular weight excluding hydrogens is 246 g/mol. The van der Waals surface area contributed by atoms with Crippen LogP contribution in [0.15, 0.2) is 72.5 Å². The average molecular weight is 275 g/mol. The van der Waals surface area contributed by atoms with Gasteiger partial charge in [0.2, 0.25) is 0 Å². The Morgan fingerprint density at radius 2 is 1.65 bits per heavy atom. The van der Waals surface area contributed by atoms with E-state index in [1.165, 1.54) is 0 Å². The molecule has 0 amide bonds. The summed E-state index contributed by atoms with van der Waals surface area (Å²) in [5, 5.41) is 3.28. The summed E-state index contributed by atoms with van der Waals surface area (Å²) in [6, 6.07) is 0. The smallest absolute Gasteiger partial charge is 0.150 e. The van der Waals surface area contributed by atoms with E-state index in [4.69, 9.17) is 4.74 Å². The highest BCUT2D eigenvalue weighted by atomic mass is 16.5. The summed E-state index contributed by atoms with van der Waals surface area (Å²) in [7, 11) is 0. The highest BCUT2D eigenvalue weighted by Crippen LogP contribution is 2.24. The maximum atomic E-state index is 5.71. The molecule has 0 aromatic carbocycles. The molecule has 20 heavy (non-hydrogen) atoms. The molecule has 112 valence electrons.